The van der Waals surface area contributed by atoms with Crippen LogP contribution in [0.4, 0.5) is 11.4 Å². The van der Waals surface area contributed by atoms with E-state index in [2.05, 4.69) is 16.0 Å². The summed E-state index contributed by atoms with van der Waals surface area (Å²) in [5.74, 6) is -0.0747. The van der Waals surface area contributed by atoms with Gasteiger partial charge in [-0.3, -0.25) is 14.4 Å². The molecule has 0 saturated heterocycles. The average Bonchev–Trinajstić information content (AvgIpc) is 3.03. The molecular weight excluding hydrogens is 586 g/mol. The third-order valence-corrected chi connectivity index (χ3v) is 7.54. The molecule has 220 valence electrons. The first kappa shape index (κ1) is 31.2. The number of ether oxygens (including phenoxy) is 2. The van der Waals surface area contributed by atoms with Crippen molar-refractivity contribution in [3.8, 4) is 11.5 Å². The number of hydrogen-bond donors (Lipinski definition) is 3. The van der Waals surface area contributed by atoms with Crippen molar-refractivity contribution in [3.05, 3.63) is 119 Å². The van der Waals surface area contributed by atoms with Crippen LogP contribution in [0.5, 0.6) is 11.5 Å². The number of anilines is 2. The molecule has 0 aliphatic carbocycles. The molecule has 0 fully saturated rings. The summed E-state index contributed by atoms with van der Waals surface area (Å²) in [6.45, 7) is 1.81. The van der Waals surface area contributed by atoms with E-state index in [0.29, 0.717) is 39.0 Å². The van der Waals surface area contributed by atoms with Crippen LogP contribution < -0.4 is 25.4 Å². The predicted molar refractivity (Wildman–Crippen MR) is 172 cm³/mol. The van der Waals surface area contributed by atoms with E-state index in [1.54, 1.807) is 84.9 Å². The Morgan fingerprint density at radius 1 is 0.814 bits per heavy atom. The van der Waals surface area contributed by atoms with Gasteiger partial charge in [0.2, 0.25) is 5.91 Å². The highest BCUT2D eigenvalue weighted by Gasteiger charge is 2.18. The third kappa shape index (κ3) is 8.88. The van der Waals surface area contributed by atoms with Crippen molar-refractivity contribution in [1.82, 2.24) is 5.32 Å². The number of halogens is 1. The van der Waals surface area contributed by atoms with Gasteiger partial charge in [0.05, 0.1) is 19.5 Å². The van der Waals surface area contributed by atoms with Gasteiger partial charge in [0.1, 0.15) is 17.2 Å². The molecule has 0 saturated carbocycles. The minimum absolute atomic E-state index is 0.00588. The van der Waals surface area contributed by atoms with Crippen LogP contribution in [0.2, 0.25) is 5.02 Å². The lowest BCUT2D eigenvalue weighted by Gasteiger charge is -2.14. The lowest BCUT2D eigenvalue weighted by molar-refractivity contribution is -0.115. The molecule has 8 nitrogen and oxygen atoms in total. The third-order valence-electron chi connectivity index (χ3n) is 6.17. The van der Waals surface area contributed by atoms with Crippen LogP contribution in [-0.4, -0.2) is 37.2 Å². The van der Waals surface area contributed by atoms with Gasteiger partial charge in [-0.15, -0.1) is 11.8 Å². The molecule has 0 radical (unpaired) electrons. The molecule has 0 bridgehead atoms. The van der Waals surface area contributed by atoms with Gasteiger partial charge in [0.15, 0.2) is 0 Å². The summed E-state index contributed by atoms with van der Waals surface area (Å²) in [5.41, 5.74) is 2.11. The Bertz CT molecular complexity index is 1610. The largest absolute Gasteiger partial charge is 0.497 e. The van der Waals surface area contributed by atoms with Gasteiger partial charge in [0, 0.05) is 32.4 Å². The van der Waals surface area contributed by atoms with Crippen molar-refractivity contribution in [2.24, 2.45) is 0 Å². The molecule has 10 heteroatoms. The first-order valence-electron chi connectivity index (χ1n) is 13.2. The maximum Gasteiger partial charge on any atom is 0.272 e. The fourth-order valence-corrected chi connectivity index (χ4v) is 4.89. The van der Waals surface area contributed by atoms with E-state index in [0.717, 1.165) is 4.90 Å². The highest BCUT2D eigenvalue weighted by atomic mass is 35.5. The van der Waals surface area contributed by atoms with E-state index < -0.39 is 11.8 Å². The molecule has 3 amide bonds. The normalized spacial score (nSPS) is 11.7. The Balaban J connectivity index is 1.49. The molecule has 0 heterocycles. The van der Waals surface area contributed by atoms with Crippen LogP contribution in [-0.2, 0) is 9.59 Å². The topological polar surface area (TPSA) is 106 Å². The molecule has 0 aliphatic rings. The molecule has 0 aromatic heterocycles. The van der Waals surface area contributed by atoms with E-state index in [4.69, 9.17) is 21.1 Å². The van der Waals surface area contributed by atoms with Gasteiger partial charge in [-0.1, -0.05) is 29.8 Å². The maximum atomic E-state index is 13.5. The molecule has 3 N–H and O–H groups in total. The van der Waals surface area contributed by atoms with Crippen LogP contribution in [0, 0.1) is 0 Å². The zero-order chi connectivity index (χ0) is 30.8. The minimum Gasteiger partial charge on any atom is -0.497 e. The van der Waals surface area contributed by atoms with E-state index >= 15 is 0 Å². The lowest BCUT2D eigenvalue weighted by Crippen LogP contribution is -2.30. The van der Waals surface area contributed by atoms with Crippen molar-refractivity contribution in [2.45, 2.75) is 17.1 Å². The first-order valence-corrected chi connectivity index (χ1v) is 14.5. The zero-order valence-electron chi connectivity index (χ0n) is 23.7. The van der Waals surface area contributed by atoms with Gasteiger partial charge in [-0.05, 0) is 91.9 Å². The molecule has 1 unspecified atom stereocenters. The number of methoxy groups -OCH3 is 2. The van der Waals surface area contributed by atoms with Crippen LogP contribution in [0.25, 0.3) is 6.08 Å². The second-order valence-corrected chi connectivity index (χ2v) is 11.1. The number of carbonyl (C=O) groups excluding carboxylic acids is 3. The minimum atomic E-state index is -0.537. The molecule has 0 aliphatic heterocycles. The fraction of sp³-hybridized carbons (Fsp3) is 0.121. The molecule has 4 aromatic rings. The summed E-state index contributed by atoms with van der Waals surface area (Å²) in [4.78, 5) is 39.9. The Hall–Kier alpha value is -4.73. The predicted octanol–water partition coefficient (Wildman–Crippen LogP) is 6.89. The Morgan fingerprint density at radius 2 is 1.47 bits per heavy atom. The van der Waals surface area contributed by atoms with E-state index in [1.807, 2.05) is 19.1 Å². The summed E-state index contributed by atoms with van der Waals surface area (Å²) in [5, 5.41) is 8.64. The number of benzene rings is 4. The van der Waals surface area contributed by atoms with Crippen molar-refractivity contribution in [2.75, 3.05) is 24.9 Å². The monoisotopic (exact) mass is 615 g/mol. The van der Waals surface area contributed by atoms with Gasteiger partial charge in [0.25, 0.3) is 11.8 Å². The average molecular weight is 616 g/mol. The Labute approximate surface area is 259 Å². The zero-order valence-corrected chi connectivity index (χ0v) is 25.3. The number of carbonyl (C=O) groups is 3. The molecule has 4 aromatic carbocycles. The second kappa shape index (κ2) is 14.9. The quantitative estimate of drug-likeness (QED) is 0.125. The van der Waals surface area contributed by atoms with Gasteiger partial charge in [-0.25, -0.2) is 0 Å². The van der Waals surface area contributed by atoms with Crippen LogP contribution in [0.15, 0.2) is 108 Å². The van der Waals surface area contributed by atoms with Gasteiger partial charge < -0.3 is 25.4 Å². The number of hydrogen-bond acceptors (Lipinski definition) is 6. The summed E-state index contributed by atoms with van der Waals surface area (Å²) in [7, 11) is 3.05. The van der Waals surface area contributed by atoms with Crippen LogP contribution in [0.3, 0.4) is 0 Å². The van der Waals surface area contributed by atoms with Crippen LogP contribution in [0.1, 0.15) is 22.8 Å². The fourth-order valence-electron chi connectivity index (χ4n) is 3.90. The van der Waals surface area contributed by atoms with Crippen molar-refractivity contribution >= 4 is 58.5 Å². The summed E-state index contributed by atoms with van der Waals surface area (Å²) in [6.07, 6.45) is 1.53. The lowest BCUT2D eigenvalue weighted by atomic mass is 10.1. The number of amides is 3. The summed E-state index contributed by atoms with van der Waals surface area (Å²) < 4.78 is 10.8. The molecule has 0 spiro atoms. The van der Waals surface area contributed by atoms with Crippen molar-refractivity contribution in [1.29, 1.82) is 0 Å². The van der Waals surface area contributed by atoms with Crippen LogP contribution >= 0.6 is 23.4 Å². The molecule has 1 atom stereocenters. The van der Waals surface area contributed by atoms with E-state index in [-0.39, 0.29) is 16.9 Å². The van der Waals surface area contributed by atoms with Crippen molar-refractivity contribution in [3.63, 3.8) is 0 Å². The number of rotatable bonds is 11. The standard InChI is InChI=1S/C33H30ClN3O5S/c1-21(31(38)35-25-11-9-24(34)10-12-25)43-28-16-13-26(14-17-28)36-33(40)29(37-32(39)22-7-5-4-6-8-22)20-23-19-27(41-2)15-18-30(23)42-3/h4-21H,1-3H3,(H,35,38)(H,36,40)(H,37,39)/b29-20-. The maximum absolute atomic E-state index is 13.5. The SMILES string of the molecule is COc1ccc(OC)c(/C=C(\NC(=O)c2ccccc2)C(=O)Nc2ccc(SC(C)C(=O)Nc3ccc(Cl)cc3)cc2)c1. The highest BCUT2D eigenvalue weighted by molar-refractivity contribution is 8.00. The smallest absolute Gasteiger partial charge is 0.272 e. The Morgan fingerprint density at radius 3 is 2.12 bits per heavy atom. The summed E-state index contributed by atoms with van der Waals surface area (Å²) in [6, 6.07) is 27.7. The first-order chi connectivity index (χ1) is 20.7. The van der Waals surface area contributed by atoms with Gasteiger partial charge >= 0.3 is 0 Å². The number of nitrogens with one attached hydrogen (secondary N) is 3. The molecule has 43 heavy (non-hydrogen) atoms. The second-order valence-electron chi connectivity index (χ2n) is 9.22. The van der Waals surface area contributed by atoms with Gasteiger partial charge in [-0.2, -0.15) is 0 Å². The van der Waals surface area contributed by atoms with Crippen molar-refractivity contribution < 1.29 is 23.9 Å². The highest BCUT2D eigenvalue weighted by Crippen LogP contribution is 2.28. The molecular formula is C33H30ClN3O5S. The molecule has 4 rings (SSSR count). The van der Waals surface area contributed by atoms with E-state index in [9.17, 15) is 14.4 Å². The van der Waals surface area contributed by atoms with E-state index in [1.165, 1.54) is 32.1 Å². The Kier molecular flexibility index (Phi) is 10.9. The number of thioether (sulfide) groups is 1. The summed E-state index contributed by atoms with van der Waals surface area (Å²) >= 11 is 7.29.